The molecule has 16 heavy (non-hydrogen) atoms. The van der Waals surface area contributed by atoms with E-state index in [0.717, 1.165) is 6.42 Å². The topological polar surface area (TPSA) is 0 Å². The Morgan fingerprint density at radius 3 is 2.69 bits per heavy atom. The second-order valence-corrected chi connectivity index (χ2v) is 4.34. The van der Waals surface area contributed by atoms with Crippen LogP contribution >= 0.6 is 0 Å². The van der Waals surface area contributed by atoms with Gasteiger partial charge in [-0.05, 0) is 45.7 Å². The maximum atomic E-state index is 4.24. The molecule has 0 fully saturated rings. The fraction of sp³-hybridized carbons (Fsp3) is 0.125. The van der Waals surface area contributed by atoms with Gasteiger partial charge in [0.2, 0.25) is 0 Å². The standard InChI is InChI=1S/C16H14/c1-11-13-7-3-5-9-15(13)12(2)16-10-6-4-8-14(11)16/h3-9H,1,10H2,2H3. The summed E-state index contributed by atoms with van der Waals surface area (Å²) in [6.45, 7) is 6.45. The van der Waals surface area contributed by atoms with Crippen molar-refractivity contribution >= 4 is 23.4 Å². The Morgan fingerprint density at radius 2 is 1.88 bits per heavy atom. The Kier molecular flexibility index (Phi) is 1.97. The van der Waals surface area contributed by atoms with Crippen molar-refractivity contribution in [2.24, 2.45) is 0 Å². The van der Waals surface area contributed by atoms with Gasteiger partial charge >= 0.3 is 0 Å². The predicted molar refractivity (Wildman–Crippen MR) is 70.8 cm³/mol. The highest BCUT2D eigenvalue weighted by molar-refractivity contribution is 5.87. The first-order valence-electron chi connectivity index (χ1n) is 5.65. The molecule has 2 aromatic carbocycles. The second-order valence-electron chi connectivity index (χ2n) is 4.34. The highest BCUT2D eigenvalue weighted by Crippen LogP contribution is 2.17. The van der Waals surface area contributed by atoms with Crippen molar-refractivity contribution in [3.05, 3.63) is 58.0 Å². The molecule has 0 heteroatoms. The van der Waals surface area contributed by atoms with E-state index in [1.54, 1.807) is 0 Å². The van der Waals surface area contributed by atoms with Crippen LogP contribution in [-0.2, 0) is 6.42 Å². The number of hydrogen-bond acceptors (Lipinski definition) is 0. The van der Waals surface area contributed by atoms with Crippen LogP contribution in [0, 0.1) is 6.92 Å². The molecule has 0 nitrogen and oxygen atoms in total. The van der Waals surface area contributed by atoms with Crippen LogP contribution in [0.1, 0.15) is 11.1 Å². The van der Waals surface area contributed by atoms with Crippen LogP contribution in [0.15, 0.2) is 36.4 Å². The first-order chi connectivity index (χ1) is 7.79. The number of rotatable bonds is 0. The molecule has 0 heterocycles. The fourth-order valence-corrected chi connectivity index (χ4v) is 2.58. The molecule has 0 aromatic heterocycles. The fourth-order valence-electron chi connectivity index (χ4n) is 2.58. The van der Waals surface area contributed by atoms with Gasteiger partial charge in [-0.1, -0.05) is 49.1 Å². The number of allylic oxidation sites excluding steroid dienone is 2. The Balaban J connectivity index is 2.64. The van der Waals surface area contributed by atoms with E-state index in [9.17, 15) is 0 Å². The molecule has 0 bridgehead atoms. The molecule has 0 atom stereocenters. The normalized spacial score (nSPS) is 13.6. The summed E-state index contributed by atoms with van der Waals surface area (Å²) < 4.78 is 0. The first-order valence-corrected chi connectivity index (χ1v) is 5.65. The Bertz CT molecular complexity index is 703. The molecule has 0 unspecified atom stereocenters. The highest BCUT2D eigenvalue weighted by Gasteiger charge is 2.07. The Hall–Kier alpha value is -1.82. The quantitative estimate of drug-likeness (QED) is 0.621. The van der Waals surface area contributed by atoms with Gasteiger partial charge in [-0.3, -0.25) is 0 Å². The minimum absolute atomic E-state index is 1.03. The average molecular weight is 206 g/mol. The molecule has 3 rings (SSSR count). The molecule has 0 aliphatic heterocycles. The molecule has 1 aliphatic carbocycles. The number of aryl methyl sites for hydroxylation is 1. The van der Waals surface area contributed by atoms with Crippen molar-refractivity contribution in [3.8, 4) is 0 Å². The van der Waals surface area contributed by atoms with Crippen LogP contribution in [0.4, 0.5) is 0 Å². The van der Waals surface area contributed by atoms with Gasteiger partial charge in [-0.15, -0.1) is 0 Å². The summed E-state index contributed by atoms with van der Waals surface area (Å²) >= 11 is 0. The maximum absolute atomic E-state index is 4.24. The van der Waals surface area contributed by atoms with E-state index >= 15 is 0 Å². The average Bonchev–Trinajstić information content (AvgIpc) is 2.36. The van der Waals surface area contributed by atoms with E-state index in [0.29, 0.717) is 0 Å². The minimum atomic E-state index is 1.03. The zero-order chi connectivity index (χ0) is 11.1. The van der Waals surface area contributed by atoms with Crippen molar-refractivity contribution in [1.82, 2.24) is 0 Å². The molecule has 0 N–H and O–H groups in total. The van der Waals surface area contributed by atoms with Crippen molar-refractivity contribution in [1.29, 1.82) is 0 Å². The monoisotopic (exact) mass is 206 g/mol. The lowest BCUT2D eigenvalue weighted by Crippen LogP contribution is -2.30. The van der Waals surface area contributed by atoms with Crippen LogP contribution in [0.2, 0.25) is 0 Å². The van der Waals surface area contributed by atoms with E-state index in [4.69, 9.17) is 0 Å². The molecule has 78 valence electrons. The van der Waals surface area contributed by atoms with Crippen molar-refractivity contribution in [3.63, 3.8) is 0 Å². The van der Waals surface area contributed by atoms with Gasteiger partial charge < -0.3 is 0 Å². The predicted octanol–water partition coefficient (Wildman–Crippen LogP) is 2.45. The first kappa shape index (κ1) is 9.41. The Morgan fingerprint density at radius 1 is 1.12 bits per heavy atom. The summed E-state index contributed by atoms with van der Waals surface area (Å²) in [6.07, 6.45) is 7.56. The highest BCUT2D eigenvalue weighted by atomic mass is 14.1. The summed E-state index contributed by atoms with van der Waals surface area (Å²) in [4.78, 5) is 0. The van der Waals surface area contributed by atoms with Crippen LogP contribution < -0.4 is 10.4 Å². The molecule has 0 saturated carbocycles. The van der Waals surface area contributed by atoms with Crippen LogP contribution in [0.3, 0.4) is 0 Å². The van der Waals surface area contributed by atoms with Crippen LogP contribution in [0.25, 0.3) is 23.4 Å². The third-order valence-corrected chi connectivity index (χ3v) is 3.48. The molecule has 1 aliphatic rings. The smallest absolute Gasteiger partial charge is 0.00853 e. The summed E-state index contributed by atoms with van der Waals surface area (Å²) in [5.41, 5.74) is 2.84. The van der Waals surface area contributed by atoms with E-state index in [-0.39, 0.29) is 0 Å². The number of hydrogen-bond donors (Lipinski definition) is 0. The Labute approximate surface area is 95.2 Å². The zero-order valence-electron chi connectivity index (χ0n) is 9.46. The minimum Gasteiger partial charge on any atom is -0.0905 e. The van der Waals surface area contributed by atoms with Gasteiger partial charge in [0.25, 0.3) is 0 Å². The van der Waals surface area contributed by atoms with Crippen LogP contribution in [-0.4, -0.2) is 0 Å². The summed E-state index contributed by atoms with van der Waals surface area (Å²) in [6, 6.07) is 8.54. The van der Waals surface area contributed by atoms with E-state index < -0.39 is 0 Å². The van der Waals surface area contributed by atoms with Gasteiger partial charge in [0.05, 0.1) is 0 Å². The second kappa shape index (κ2) is 3.34. The largest absolute Gasteiger partial charge is 0.0905 e. The molecule has 0 amide bonds. The third kappa shape index (κ3) is 1.16. The molecule has 0 spiro atoms. The lowest BCUT2D eigenvalue weighted by Gasteiger charge is -2.12. The zero-order valence-corrected chi connectivity index (χ0v) is 9.46. The van der Waals surface area contributed by atoms with Gasteiger partial charge in [0.15, 0.2) is 0 Å². The van der Waals surface area contributed by atoms with Crippen molar-refractivity contribution in [2.45, 2.75) is 13.3 Å². The van der Waals surface area contributed by atoms with E-state index in [2.05, 4.69) is 56.0 Å². The van der Waals surface area contributed by atoms with Gasteiger partial charge in [-0.2, -0.15) is 0 Å². The molecular formula is C16H14. The summed E-state index contributed by atoms with van der Waals surface area (Å²) in [5.74, 6) is 0. The van der Waals surface area contributed by atoms with Crippen molar-refractivity contribution in [2.75, 3.05) is 0 Å². The van der Waals surface area contributed by atoms with Gasteiger partial charge in [0, 0.05) is 0 Å². The molecule has 0 radical (unpaired) electrons. The SMILES string of the molecule is C=c1c2c(c(C)c3ccccc13)CC=CC=2. The summed E-state index contributed by atoms with van der Waals surface area (Å²) in [5, 5.41) is 5.11. The lowest BCUT2D eigenvalue weighted by molar-refractivity contribution is 1.18. The lowest BCUT2D eigenvalue weighted by atomic mass is 9.92. The number of benzene rings is 2. The van der Waals surface area contributed by atoms with Crippen molar-refractivity contribution < 1.29 is 0 Å². The van der Waals surface area contributed by atoms with Gasteiger partial charge in [0.1, 0.15) is 0 Å². The molecular weight excluding hydrogens is 192 g/mol. The van der Waals surface area contributed by atoms with Crippen LogP contribution in [0.5, 0.6) is 0 Å². The molecule has 0 saturated heterocycles. The summed E-state index contributed by atoms with van der Waals surface area (Å²) in [7, 11) is 0. The number of fused-ring (bicyclic) bond motifs is 2. The third-order valence-electron chi connectivity index (χ3n) is 3.48. The molecule has 2 aromatic rings. The maximum Gasteiger partial charge on any atom is -0.00853 e. The van der Waals surface area contributed by atoms with E-state index in [1.165, 1.54) is 32.3 Å². The van der Waals surface area contributed by atoms with Gasteiger partial charge in [-0.25, -0.2) is 0 Å². The van der Waals surface area contributed by atoms with E-state index in [1.807, 2.05) is 0 Å².